The maximum Gasteiger partial charge on any atom is 0.420 e. The molecule has 0 bridgehead atoms. The maximum atomic E-state index is 14.4. The molecule has 14 heteroatoms. The number of alkyl halides is 5. The molecule has 8 rings (SSSR count). The van der Waals surface area contributed by atoms with E-state index < -0.39 is 30.4 Å². The van der Waals surface area contributed by atoms with Crippen LogP contribution in [-0.2, 0) is 24.1 Å². The van der Waals surface area contributed by atoms with Crippen LogP contribution >= 0.6 is 0 Å². The van der Waals surface area contributed by atoms with Gasteiger partial charge >= 0.3 is 18.8 Å². The highest BCUT2D eigenvalue weighted by atomic mass is 19.4. The first kappa shape index (κ1) is 37.6. The summed E-state index contributed by atoms with van der Waals surface area (Å²) >= 11 is 0. The van der Waals surface area contributed by atoms with Gasteiger partial charge in [0.1, 0.15) is 28.4 Å². The summed E-state index contributed by atoms with van der Waals surface area (Å²) < 4.78 is 86.9. The lowest BCUT2D eigenvalue weighted by Gasteiger charge is -2.39. The second kappa shape index (κ2) is 14.6. The number of ether oxygens (including phenoxy) is 1. The highest BCUT2D eigenvalue weighted by Gasteiger charge is 2.37. The number of likely N-dealkylation sites (tertiary alicyclic amines) is 2. The Morgan fingerprint density at radius 3 is 2.18 bits per heavy atom. The van der Waals surface area contributed by atoms with Crippen molar-refractivity contribution >= 4 is 28.2 Å². The van der Waals surface area contributed by atoms with Gasteiger partial charge in [0.05, 0.1) is 0 Å². The number of halogens is 5. The van der Waals surface area contributed by atoms with Crippen LogP contribution in [0.4, 0.5) is 22.0 Å². The van der Waals surface area contributed by atoms with Crippen LogP contribution in [0.5, 0.6) is 5.75 Å². The molecule has 0 unspecified atom stereocenters. The quantitative estimate of drug-likeness (QED) is 0.129. The van der Waals surface area contributed by atoms with Crippen LogP contribution in [0.3, 0.4) is 0 Å². The van der Waals surface area contributed by atoms with Crippen LogP contribution in [0.15, 0.2) is 69.5 Å². The maximum absolute atomic E-state index is 14.4. The number of hydrogen-bond acceptors (Lipinski definition) is 8. The zero-order valence-corrected chi connectivity index (χ0v) is 30.9. The Bertz CT molecular complexity index is 2450. The summed E-state index contributed by atoms with van der Waals surface area (Å²) in [6.07, 6.45) is -2.47. The fraction of sp³-hybridized carbons (Fsp3) is 0.357. The number of rotatable bonds is 11. The highest BCUT2D eigenvalue weighted by molar-refractivity contribution is 5.86. The van der Waals surface area contributed by atoms with E-state index in [2.05, 4.69) is 16.8 Å². The molecule has 0 radical (unpaired) electrons. The molecule has 292 valence electrons. The molecule has 56 heavy (non-hydrogen) atoms. The molecule has 2 fully saturated rings. The Balaban J connectivity index is 1.13. The molecular weight excluding hydrogens is 735 g/mol. The van der Waals surface area contributed by atoms with Crippen molar-refractivity contribution in [2.24, 2.45) is 5.92 Å². The highest BCUT2D eigenvalue weighted by Crippen LogP contribution is 2.42. The third kappa shape index (κ3) is 7.11. The molecule has 0 saturated carbocycles. The molecular formula is C42H39F5N4O5. The summed E-state index contributed by atoms with van der Waals surface area (Å²) in [6, 6.07) is 16.1. The molecule has 2 aliphatic heterocycles. The van der Waals surface area contributed by atoms with Gasteiger partial charge < -0.3 is 18.7 Å². The van der Waals surface area contributed by atoms with Crippen molar-refractivity contribution < 1.29 is 45.4 Å². The SMILES string of the molecule is CCC1CN(Cc2cc(C(F)(F)F)c3oc(-c4cccc(-c5cccc(-c6nc7cc(CN8CCC[C@H]8C(=O)O)c(OC(F)F)cc7o6)c5C)c4C)nc3c2)C1. The van der Waals surface area contributed by atoms with Gasteiger partial charge in [-0.1, -0.05) is 37.6 Å². The van der Waals surface area contributed by atoms with E-state index in [1.165, 1.54) is 6.07 Å². The van der Waals surface area contributed by atoms with Gasteiger partial charge in [0.2, 0.25) is 11.8 Å². The fourth-order valence-electron chi connectivity index (χ4n) is 8.11. The van der Waals surface area contributed by atoms with Gasteiger partial charge in [0, 0.05) is 48.9 Å². The van der Waals surface area contributed by atoms with E-state index in [-0.39, 0.29) is 40.8 Å². The average molecular weight is 775 g/mol. The van der Waals surface area contributed by atoms with Gasteiger partial charge in [-0.25, -0.2) is 9.97 Å². The monoisotopic (exact) mass is 774 g/mol. The molecule has 0 amide bonds. The largest absolute Gasteiger partial charge is 0.480 e. The van der Waals surface area contributed by atoms with Crippen molar-refractivity contribution in [3.8, 4) is 39.8 Å². The smallest absolute Gasteiger partial charge is 0.420 e. The lowest BCUT2D eigenvalue weighted by atomic mass is 9.91. The number of aliphatic carboxylic acids is 1. The number of carbonyl (C=O) groups is 1. The number of fused-ring (bicyclic) bond motifs is 2. The predicted molar refractivity (Wildman–Crippen MR) is 199 cm³/mol. The second-order valence-corrected chi connectivity index (χ2v) is 14.7. The van der Waals surface area contributed by atoms with Crippen molar-refractivity contribution in [3.05, 3.63) is 88.5 Å². The summed E-state index contributed by atoms with van der Waals surface area (Å²) in [4.78, 5) is 24.9. The summed E-state index contributed by atoms with van der Waals surface area (Å²) in [5.74, 6) is -0.224. The van der Waals surface area contributed by atoms with Gasteiger partial charge in [-0.15, -0.1) is 0 Å². The minimum absolute atomic E-state index is 0.0750. The van der Waals surface area contributed by atoms with Crippen LogP contribution in [0, 0.1) is 19.8 Å². The number of carboxylic acid groups (broad SMARTS) is 1. The van der Waals surface area contributed by atoms with E-state index in [0.717, 1.165) is 47.8 Å². The van der Waals surface area contributed by atoms with Gasteiger partial charge in [0.15, 0.2) is 11.2 Å². The van der Waals surface area contributed by atoms with E-state index in [1.807, 2.05) is 38.1 Å². The zero-order chi connectivity index (χ0) is 39.5. The van der Waals surface area contributed by atoms with Crippen LogP contribution in [0.2, 0.25) is 0 Å². The van der Waals surface area contributed by atoms with Crippen molar-refractivity contribution in [1.82, 2.24) is 19.8 Å². The number of aromatic nitrogens is 2. The molecule has 9 nitrogen and oxygen atoms in total. The van der Waals surface area contributed by atoms with Crippen LogP contribution in [-0.4, -0.2) is 63.1 Å². The standard InChI is InChI=1S/C42H39F5N4O5/c1-4-24-18-50(19-24)20-25-14-31(42(45,46)47)37-33(15-25)49-39(56-37)30-11-6-9-28(23(30)3)27-8-5-10-29(22(27)2)38-48-32-16-26(21-51-13-7-12-34(51)40(52)53)35(55-41(43)44)17-36(32)54-38/h5-6,8-11,14-17,24,34,41H,4,7,12-13,18-21H2,1-3H3,(H,52,53)/t34-/m0/s1. The Kier molecular flexibility index (Phi) is 9.82. The predicted octanol–water partition coefficient (Wildman–Crippen LogP) is 10.1. The molecule has 2 saturated heterocycles. The third-order valence-corrected chi connectivity index (χ3v) is 11.1. The Hall–Kier alpha value is -5.34. The first-order valence-corrected chi connectivity index (χ1v) is 18.6. The first-order chi connectivity index (χ1) is 26.8. The summed E-state index contributed by atoms with van der Waals surface area (Å²) in [7, 11) is 0. The van der Waals surface area contributed by atoms with Crippen LogP contribution in [0.1, 0.15) is 54.0 Å². The van der Waals surface area contributed by atoms with E-state index in [9.17, 15) is 31.9 Å². The fourth-order valence-corrected chi connectivity index (χ4v) is 8.11. The van der Waals surface area contributed by atoms with E-state index in [0.29, 0.717) is 59.6 Å². The summed E-state index contributed by atoms with van der Waals surface area (Å²) in [5, 5.41) is 9.65. The molecule has 2 aromatic heterocycles. The molecule has 0 spiro atoms. The number of benzene rings is 4. The molecule has 4 aromatic carbocycles. The summed E-state index contributed by atoms with van der Waals surface area (Å²) in [5.41, 5.74) is 4.74. The minimum atomic E-state index is -4.64. The number of carboxylic acids is 1. The van der Waals surface area contributed by atoms with Crippen LogP contribution in [0.25, 0.3) is 56.2 Å². The number of hydrogen-bond donors (Lipinski definition) is 1. The first-order valence-electron chi connectivity index (χ1n) is 18.6. The molecule has 0 aliphatic carbocycles. The van der Waals surface area contributed by atoms with Crippen molar-refractivity contribution in [2.45, 2.75) is 72.0 Å². The molecule has 6 aromatic rings. The Morgan fingerprint density at radius 1 is 0.911 bits per heavy atom. The topological polar surface area (TPSA) is 105 Å². The molecule has 1 N–H and O–H groups in total. The van der Waals surface area contributed by atoms with Gasteiger partial charge in [-0.3, -0.25) is 14.6 Å². The molecule has 2 aliphatic rings. The minimum Gasteiger partial charge on any atom is -0.480 e. The van der Waals surface area contributed by atoms with Crippen molar-refractivity contribution in [2.75, 3.05) is 19.6 Å². The third-order valence-electron chi connectivity index (χ3n) is 11.1. The van der Waals surface area contributed by atoms with Gasteiger partial charge in [0.25, 0.3) is 0 Å². The van der Waals surface area contributed by atoms with E-state index >= 15 is 0 Å². The van der Waals surface area contributed by atoms with E-state index in [1.54, 1.807) is 29.2 Å². The van der Waals surface area contributed by atoms with Gasteiger partial charge in [-0.2, -0.15) is 22.0 Å². The second-order valence-electron chi connectivity index (χ2n) is 14.7. The Labute approximate surface area is 318 Å². The lowest BCUT2D eigenvalue weighted by Crippen LogP contribution is -2.45. The van der Waals surface area contributed by atoms with Crippen molar-refractivity contribution in [1.29, 1.82) is 0 Å². The molecule has 4 heterocycles. The number of nitrogens with zero attached hydrogens (tertiary/aromatic N) is 4. The number of oxazole rings is 2. The normalized spacial score (nSPS) is 17.1. The van der Waals surface area contributed by atoms with Crippen molar-refractivity contribution in [3.63, 3.8) is 0 Å². The van der Waals surface area contributed by atoms with Crippen LogP contribution < -0.4 is 4.74 Å². The zero-order valence-electron chi connectivity index (χ0n) is 30.9. The Morgan fingerprint density at radius 2 is 1.55 bits per heavy atom. The lowest BCUT2D eigenvalue weighted by molar-refractivity contribution is -0.142. The van der Waals surface area contributed by atoms with Gasteiger partial charge in [-0.05, 0) is 97.3 Å². The molecule has 1 atom stereocenters. The van der Waals surface area contributed by atoms with E-state index in [4.69, 9.17) is 18.6 Å². The summed E-state index contributed by atoms with van der Waals surface area (Å²) in [6.45, 7) is 5.44. The average Bonchev–Trinajstić information content (AvgIpc) is 3.87.